The molecule has 5 nitrogen and oxygen atoms in total. The number of para-hydroxylation sites is 2. The maximum Gasteiger partial charge on any atom is 0.224 e. The minimum Gasteiger partial charge on any atom is -0.492 e. The molecule has 4 rings (SSSR count). The van der Waals surface area contributed by atoms with Crippen LogP contribution in [0.15, 0.2) is 60.7 Å². The number of imidazole rings is 1. The number of ether oxygens (including phenoxy) is 1. The zero-order valence-electron chi connectivity index (χ0n) is 19.3. The molecule has 0 aliphatic heterocycles. The molecule has 4 aromatic rings. The minimum atomic E-state index is -0.0261. The maximum atomic E-state index is 12.4. The lowest BCUT2D eigenvalue weighted by Crippen LogP contribution is -2.28. The van der Waals surface area contributed by atoms with Crippen molar-refractivity contribution < 1.29 is 9.53 Å². The monoisotopic (exact) mass is 495 g/mol. The molecule has 1 aromatic heterocycles. The summed E-state index contributed by atoms with van der Waals surface area (Å²) in [5, 5.41) is 4.43. The summed E-state index contributed by atoms with van der Waals surface area (Å²) in [7, 11) is 0. The van der Waals surface area contributed by atoms with Crippen molar-refractivity contribution in [2.24, 2.45) is 0 Å². The van der Waals surface area contributed by atoms with Gasteiger partial charge >= 0.3 is 0 Å². The van der Waals surface area contributed by atoms with Crippen LogP contribution in [-0.2, 0) is 24.2 Å². The number of aryl methyl sites for hydroxylation is 2. The Balaban J connectivity index is 1.38. The van der Waals surface area contributed by atoms with E-state index in [4.69, 9.17) is 32.9 Å². The quantitative estimate of drug-likeness (QED) is 0.312. The van der Waals surface area contributed by atoms with E-state index in [1.54, 1.807) is 12.1 Å². The molecular weight excluding hydrogens is 469 g/mol. The topological polar surface area (TPSA) is 56.1 Å². The highest BCUT2D eigenvalue weighted by atomic mass is 35.5. The van der Waals surface area contributed by atoms with Crippen molar-refractivity contribution in [3.63, 3.8) is 0 Å². The van der Waals surface area contributed by atoms with Crippen LogP contribution in [0.25, 0.3) is 11.0 Å². The van der Waals surface area contributed by atoms with E-state index in [1.807, 2.05) is 56.3 Å². The summed E-state index contributed by atoms with van der Waals surface area (Å²) in [6, 6.07) is 19.3. The number of aromatic nitrogens is 2. The molecule has 0 bridgehead atoms. The summed E-state index contributed by atoms with van der Waals surface area (Å²) in [6.45, 7) is 5.61. The number of amides is 1. The molecular formula is C27H27Cl2N3O2. The van der Waals surface area contributed by atoms with Crippen molar-refractivity contribution in [1.82, 2.24) is 14.9 Å². The molecule has 0 saturated carbocycles. The second kappa shape index (κ2) is 10.9. The average Bonchev–Trinajstić information content (AvgIpc) is 3.16. The number of nitrogens with one attached hydrogen (secondary N) is 1. The first-order valence-corrected chi connectivity index (χ1v) is 12.0. The zero-order chi connectivity index (χ0) is 24.1. The van der Waals surface area contributed by atoms with Crippen LogP contribution in [0.3, 0.4) is 0 Å². The van der Waals surface area contributed by atoms with Gasteiger partial charge in [-0.05, 0) is 66.9 Å². The molecule has 176 valence electrons. The van der Waals surface area contributed by atoms with Gasteiger partial charge in [-0.2, -0.15) is 0 Å². The van der Waals surface area contributed by atoms with E-state index in [1.165, 1.54) is 0 Å². The molecule has 0 radical (unpaired) electrons. The lowest BCUT2D eigenvalue weighted by molar-refractivity contribution is -0.120. The van der Waals surface area contributed by atoms with Crippen LogP contribution >= 0.6 is 23.2 Å². The first kappa shape index (κ1) is 24.1. The van der Waals surface area contributed by atoms with Crippen molar-refractivity contribution in [2.45, 2.75) is 33.2 Å². The van der Waals surface area contributed by atoms with E-state index in [-0.39, 0.29) is 5.91 Å². The van der Waals surface area contributed by atoms with Crippen LogP contribution in [0.4, 0.5) is 0 Å². The predicted octanol–water partition coefficient (Wildman–Crippen LogP) is 5.94. The van der Waals surface area contributed by atoms with Crippen LogP contribution in [0.2, 0.25) is 10.0 Å². The normalized spacial score (nSPS) is 11.1. The van der Waals surface area contributed by atoms with Crippen LogP contribution in [0, 0.1) is 13.8 Å². The Labute approximate surface area is 209 Å². The van der Waals surface area contributed by atoms with Gasteiger partial charge in [0.1, 0.15) is 18.2 Å². The van der Waals surface area contributed by atoms with Gasteiger partial charge in [-0.25, -0.2) is 4.98 Å². The molecule has 1 amide bonds. The van der Waals surface area contributed by atoms with E-state index in [0.717, 1.165) is 44.3 Å². The van der Waals surface area contributed by atoms with Gasteiger partial charge in [-0.15, -0.1) is 0 Å². The molecule has 0 aliphatic rings. The first-order chi connectivity index (χ1) is 16.4. The molecule has 1 heterocycles. The molecule has 0 saturated heterocycles. The third-order valence-corrected chi connectivity index (χ3v) is 6.52. The molecule has 0 unspecified atom stereocenters. The Morgan fingerprint density at radius 2 is 1.74 bits per heavy atom. The summed E-state index contributed by atoms with van der Waals surface area (Å²) in [5.74, 6) is 1.70. The summed E-state index contributed by atoms with van der Waals surface area (Å²) in [4.78, 5) is 17.1. The summed E-state index contributed by atoms with van der Waals surface area (Å²) < 4.78 is 8.19. The van der Waals surface area contributed by atoms with Gasteiger partial charge in [-0.1, -0.05) is 47.5 Å². The van der Waals surface area contributed by atoms with Crippen molar-refractivity contribution in [1.29, 1.82) is 0 Å². The van der Waals surface area contributed by atoms with Gasteiger partial charge in [0.15, 0.2) is 0 Å². The molecule has 0 atom stereocenters. The van der Waals surface area contributed by atoms with E-state index >= 15 is 0 Å². The summed E-state index contributed by atoms with van der Waals surface area (Å²) in [6.07, 6.45) is 0.946. The van der Waals surface area contributed by atoms with Gasteiger partial charge in [0.05, 0.1) is 24.0 Å². The smallest absolute Gasteiger partial charge is 0.224 e. The Bertz CT molecular complexity index is 1280. The SMILES string of the molecule is Cc1cc(OCCn2c(CCNC(=O)Cc3ccc(Cl)cc3)nc3ccccc32)cc(C)c1Cl. The molecule has 0 aliphatic carbocycles. The maximum absolute atomic E-state index is 12.4. The van der Waals surface area contributed by atoms with E-state index in [9.17, 15) is 4.79 Å². The van der Waals surface area contributed by atoms with Crippen LogP contribution < -0.4 is 10.1 Å². The molecule has 1 N–H and O–H groups in total. The van der Waals surface area contributed by atoms with Crippen LogP contribution in [0.1, 0.15) is 22.5 Å². The van der Waals surface area contributed by atoms with Gasteiger partial charge < -0.3 is 14.6 Å². The number of nitrogens with zero attached hydrogens (tertiary/aromatic N) is 2. The van der Waals surface area contributed by atoms with Crippen molar-refractivity contribution >= 4 is 40.1 Å². The molecule has 0 spiro atoms. The zero-order valence-corrected chi connectivity index (χ0v) is 20.8. The van der Waals surface area contributed by atoms with Crippen LogP contribution in [0.5, 0.6) is 5.75 Å². The lowest BCUT2D eigenvalue weighted by Gasteiger charge is -2.13. The third kappa shape index (κ3) is 5.91. The first-order valence-electron chi connectivity index (χ1n) is 11.3. The van der Waals surface area contributed by atoms with Crippen molar-refractivity contribution in [3.05, 3.63) is 93.2 Å². The number of hydrogen-bond acceptors (Lipinski definition) is 3. The van der Waals surface area contributed by atoms with E-state index in [2.05, 4.69) is 16.0 Å². The number of benzene rings is 3. The number of carbonyl (C=O) groups is 1. The fourth-order valence-corrected chi connectivity index (χ4v) is 4.21. The molecule has 0 fully saturated rings. The highest BCUT2D eigenvalue weighted by Crippen LogP contribution is 2.26. The number of hydrogen-bond donors (Lipinski definition) is 1. The molecule has 3 aromatic carbocycles. The van der Waals surface area contributed by atoms with Crippen molar-refractivity contribution in [2.75, 3.05) is 13.2 Å². The number of fused-ring (bicyclic) bond motifs is 1. The number of carbonyl (C=O) groups excluding carboxylic acids is 1. The standard InChI is InChI=1S/C27H27Cl2N3O2/c1-18-15-22(16-19(2)27(18)29)34-14-13-32-24-6-4-3-5-23(24)31-25(32)11-12-30-26(33)17-20-7-9-21(28)10-8-20/h3-10,15-16H,11-14,17H2,1-2H3,(H,30,33). The van der Waals surface area contributed by atoms with Gasteiger partial charge in [0.25, 0.3) is 0 Å². The Morgan fingerprint density at radius 3 is 2.47 bits per heavy atom. The predicted molar refractivity (Wildman–Crippen MR) is 138 cm³/mol. The second-order valence-corrected chi connectivity index (χ2v) is 9.11. The molecule has 34 heavy (non-hydrogen) atoms. The Hall–Kier alpha value is -3.02. The number of rotatable bonds is 9. The fourth-order valence-electron chi connectivity index (χ4n) is 3.97. The van der Waals surface area contributed by atoms with E-state index in [0.29, 0.717) is 37.6 Å². The van der Waals surface area contributed by atoms with Gasteiger partial charge in [-0.3, -0.25) is 4.79 Å². The highest BCUT2D eigenvalue weighted by Gasteiger charge is 2.12. The third-order valence-electron chi connectivity index (χ3n) is 5.68. The lowest BCUT2D eigenvalue weighted by atomic mass is 10.1. The summed E-state index contributed by atoms with van der Waals surface area (Å²) >= 11 is 12.2. The Kier molecular flexibility index (Phi) is 7.76. The van der Waals surface area contributed by atoms with Gasteiger partial charge in [0, 0.05) is 23.0 Å². The molecule has 7 heteroatoms. The van der Waals surface area contributed by atoms with Gasteiger partial charge in [0.2, 0.25) is 5.91 Å². The van der Waals surface area contributed by atoms with Crippen LogP contribution in [-0.4, -0.2) is 28.6 Å². The average molecular weight is 496 g/mol. The minimum absolute atomic E-state index is 0.0261. The summed E-state index contributed by atoms with van der Waals surface area (Å²) in [5.41, 5.74) is 4.92. The largest absolute Gasteiger partial charge is 0.492 e. The Morgan fingerprint density at radius 1 is 1.03 bits per heavy atom. The second-order valence-electron chi connectivity index (χ2n) is 8.29. The number of halogens is 2. The highest BCUT2D eigenvalue weighted by molar-refractivity contribution is 6.32. The fraction of sp³-hybridized carbons (Fsp3) is 0.259. The van der Waals surface area contributed by atoms with E-state index < -0.39 is 0 Å². The van der Waals surface area contributed by atoms with Crippen molar-refractivity contribution in [3.8, 4) is 5.75 Å².